The first kappa shape index (κ1) is 16.4. The van der Waals surface area contributed by atoms with Crippen LogP contribution >= 0.6 is 0 Å². The molecule has 0 saturated carbocycles. The summed E-state index contributed by atoms with van der Waals surface area (Å²) in [4.78, 5) is 13.4. The molecule has 126 valence electrons. The second kappa shape index (κ2) is 7.40. The first-order valence-corrected chi connectivity index (χ1v) is 8.29. The third kappa shape index (κ3) is 4.08. The molecule has 3 N–H and O–H groups in total. The Kier molecular flexibility index (Phi) is 5.05. The molecule has 1 fully saturated rings. The molecule has 0 unspecified atom stereocenters. The van der Waals surface area contributed by atoms with Gasteiger partial charge >= 0.3 is 0 Å². The largest absolute Gasteiger partial charge is 0.366 e. The summed E-state index contributed by atoms with van der Waals surface area (Å²) in [6, 6.07) is 11.9. The summed E-state index contributed by atoms with van der Waals surface area (Å²) in [6.45, 7) is 4.66. The van der Waals surface area contributed by atoms with E-state index in [4.69, 9.17) is 5.73 Å². The number of aromatic nitrogens is 2. The lowest BCUT2D eigenvalue weighted by molar-refractivity contribution is 0.100. The molecule has 0 radical (unpaired) electrons. The highest BCUT2D eigenvalue weighted by molar-refractivity contribution is 5.92. The number of carbonyl (C=O) groups is 1. The van der Waals surface area contributed by atoms with Gasteiger partial charge < -0.3 is 16.0 Å². The fraction of sp³-hybridized carbons (Fsp3) is 0.389. The SMILES string of the molecule is Cc1ccc(N2CCC[C@@H](NCc3ccc(C(N)=O)cc3)C2)nn1. The van der Waals surface area contributed by atoms with Crippen molar-refractivity contribution >= 4 is 11.7 Å². The Labute approximate surface area is 142 Å². The van der Waals surface area contributed by atoms with Crippen LogP contribution in [0.3, 0.4) is 0 Å². The molecule has 24 heavy (non-hydrogen) atoms. The number of piperidine rings is 1. The summed E-state index contributed by atoms with van der Waals surface area (Å²) in [7, 11) is 0. The van der Waals surface area contributed by atoms with Crippen molar-refractivity contribution in [2.24, 2.45) is 5.73 Å². The van der Waals surface area contributed by atoms with E-state index in [1.165, 1.54) is 0 Å². The molecule has 6 heteroatoms. The minimum absolute atomic E-state index is 0.392. The number of aryl methyl sites for hydroxylation is 1. The van der Waals surface area contributed by atoms with E-state index in [1.807, 2.05) is 31.2 Å². The Balaban J connectivity index is 1.55. The molecule has 1 saturated heterocycles. The molecule has 1 aliphatic rings. The molecule has 0 aliphatic carbocycles. The Morgan fingerprint density at radius 1 is 1.25 bits per heavy atom. The van der Waals surface area contributed by atoms with Crippen molar-refractivity contribution < 1.29 is 4.79 Å². The van der Waals surface area contributed by atoms with E-state index in [1.54, 1.807) is 12.1 Å². The van der Waals surface area contributed by atoms with Crippen LogP contribution in [0.1, 0.15) is 34.5 Å². The smallest absolute Gasteiger partial charge is 0.248 e. The Morgan fingerprint density at radius 3 is 2.71 bits per heavy atom. The van der Waals surface area contributed by atoms with Crippen LogP contribution in [-0.4, -0.2) is 35.2 Å². The zero-order chi connectivity index (χ0) is 16.9. The maximum absolute atomic E-state index is 11.1. The summed E-state index contributed by atoms with van der Waals surface area (Å²) >= 11 is 0. The number of nitrogens with zero attached hydrogens (tertiary/aromatic N) is 3. The van der Waals surface area contributed by atoms with Gasteiger partial charge in [-0.25, -0.2) is 0 Å². The van der Waals surface area contributed by atoms with Gasteiger partial charge in [-0.2, -0.15) is 5.10 Å². The third-order valence-corrected chi connectivity index (χ3v) is 4.36. The Morgan fingerprint density at radius 2 is 2.04 bits per heavy atom. The van der Waals surface area contributed by atoms with Gasteiger partial charge in [-0.05, 0) is 49.6 Å². The average molecular weight is 325 g/mol. The van der Waals surface area contributed by atoms with Crippen LogP contribution in [0.25, 0.3) is 0 Å². The van der Waals surface area contributed by atoms with Gasteiger partial charge in [-0.3, -0.25) is 4.79 Å². The molecule has 2 aromatic rings. The fourth-order valence-electron chi connectivity index (χ4n) is 2.96. The molecule has 3 rings (SSSR count). The van der Waals surface area contributed by atoms with Gasteiger partial charge in [0.15, 0.2) is 5.82 Å². The van der Waals surface area contributed by atoms with Crippen molar-refractivity contribution in [1.29, 1.82) is 0 Å². The maximum Gasteiger partial charge on any atom is 0.248 e. The van der Waals surface area contributed by atoms with E-state index in [0.29, 0.717) is 11.6 Å². The molecule has 1 aliphatic heterocycles. The number of hydrogen-bond donors (Lipinski definition) is 2. The standard InChI is InChI=1S/C18H23N5O/c1-13-4-9-17(22-21-13)23-10-2-3-16(12-23)20-11-14-5-7-15(8-6-14)18(19)24/h4-9,16,20H,2-3,10-12H2,1H3,(H2,19,24)/t16-/m1/s1. The fourth-order valence-corrected chi connectivity index (χ4v) is 2.96. The van der Waals surface area contributed by atoms with Crippen molar-refractivity contribution in [3.8, 4) is 0 Å². The van der Waals surface area contributed by atoms with Gasteiger partial charge in [0.1, 0.15) is 0 Å². The van der Waals surface area contributed by atoms with Crippen molar-refractivity contribution in [1.82, 2.24) is 15.5 Å². The van der Waals surface area contributed by atoms with Crippen molar-refractivity contribution in [3.05, 3.63) is 53.2 Å². The molecule has 1 atom stereocenters. The number of benzene rings is 1. The van der Waals surface area contributed by atoms with Crippen LogP contribution in [-0.2, 0) is 6.54 Å². The monoisotopic (exact) mass is 325 g/mol. The van der Waals surface area contributed by atoms with E-state index in [9.17, 15) is 4.79 Å². The zero-order valence-corrected chi connectivity index (χ0v) is 13.9. The van der Waals surface area contributed by atoms with Crippen LogP contribution in [0.5, 0.6) is 0 Å². The number of amides is 1. The van der Waals surface area contributed by atoms with Crippen LogP contribution in [0.4, 0.5) is 5.82 Å². The molecule has 6 nitrogen and oxygen atoms in total. The molecular formula is C18H23N5O. The number of nitrogens with two attached hydrogens (primary N) is 1. The second-order valence-electron chi connectivity index (χ2n) is 6.26. The van der Waals surface area contributed by atoms with Gasteiger partial charge in [-0.1, -0.05) is 12.1 Å². The first-order chi connectivity index (χ1) is 11.6. The van der Waals surface area contributed by atoms with Gasteiger partial charge in [0.05, 0.1) is 5.69 Å². The molecule has 1 amide bonds. The lowest BCUT2D eigenvalue weighted by Crippen LogP contribution is -2.45. The summed E-state index contributed by atoms with van der Waals surface area (Å²) in [6.07, 6.45) is 2.28. The van der Waals surface area contributed by atoms with Gasteiger partial charge in [0.2, 0.25) is 5.91 Å². The number of primary amides is 1. The van der Waals surface area contributed by atoms with E-state index in [0.717, 1.165) is 49.6 Å². The number of nitrogens with one attached hydrogen (secondary N) is 1. The highest BCUT2D eigenvalue weighted by Crippen LogP contribution is 2.17. The molecular weight excluding hydrogens is 302 g/mol. The minimum Gasteiger partial charge on any atom is -0.366 e. The van der Waals surface area contributed by atoms with Crippen LogP contribution in [0, 0.1) is 6.92 Å². The normalized spacial score (nSPS) is 17.7. The van der Waals surface area contributed by atoms with E-state index < -0.39 is 5.91 Å². The Bertz CT molecular complexity index is 684. The lowest BCUT2D eigenvalue weighted by Gasteiger charge is -2.33. The molecule has 0 bridgehead atoms. The molecule has 1 aromatic carbocycles. The average Bonchev–Trinajstić information content (AvgIpc) is 2.61. The number of rotatable bonds is 5. The minimum atomic E-state index is -0.392. The van der Waals surface area contributed by atoms with E-state index in [2.05, 4.69) is 20.4 Å². The maximum atomic E-state index is 11.1. The second-order valence-corrected chi connectivity index (χ2v) is 6.26. The first-order valence-electron chi connectivity index (χ1n) is 8.29. The molecule has 1 aromatic heterocycles. The number of hydrogen-bond acceptors (Lipinski definition) is 5. The summed E-state index contributed by atoms with van der Waals surface area (Å²) in [5, 5.41) is 12.0. The predicted molar refractivity (Wildman–Crippen MR) is 93.8 cm³/mol. The van der Waals surface area contributed by atoms with Gasteiger partial charge in [-0.15, -0.1) is 5.10 Å². The van der Waals surface area contributed by atoms with E-state index >= 15 is 0 Å². The quantitative estimate of drug-likeness (QED) is 0.873. The summed E-state index contributed by atoms with van der Waals surface area (Å²) in [5.41, 5.74) is 7.89. The highest BCUT2D eigenvalue weighted by atomic mass is 16.1. The van der Waals surface area contributed by atoms with Crippen molar-refractivity contribution in [2.45, 2.75) is 32.4 Å². The van der Waals surface area contributed by atoms with Crippen molar-refractivity contribution in [3.63, 3.8) is 0 Å². The zero-order valence-electron chi connectivity index (χ0n) is 13.9. The molecule has 0 spiro atoms. The summed E-state index contributed by atoms with van der Waals surface area (Å²) < 4.78 is 0. The Hall–Kier alpha value is -2.47. The third-order valence-electron chi connectivity index (χ3n) is 4.36. The lowest BCUT2D eigenvalue weighted by atomic mass is 10.0. The topological polar surface area (TPSA) is 84.1 Å². The van der Waals surface area contributed by atoms with Gasteiger partial charge in [0.25, 0.3) is 0 Å². The van der Waals surface area contributed by atoms with Crippen LogP contribution in [0.15, 0.2) is 36.4 Å². The predicted octanol–water partition coefficient (Wildman–Crippen LogP) is 1.64. The number of carbonyl (C=O) groups excluding carboxylic acids is 1. The van der Waals surface area contributed by atoms with Crippen LogP contribution in [0.2, 0.25) is 0 Å². The van der Waals surface area contributed by atoms with Crippen molar-refractivity contribution in [2.75, 3.05) is 18.0 Å². The number of anilines is 1. The van der Waals surface area contributed by atoms with Crippen LogP contribution < -0.4 is 16.0 Å². The highest BCUT2D eigenvalue weighted by Gasteiger charge is 2.20. The van der Waals surface area contributed by atoms with E-state index in [-0.39, 0.29) is 0 Å². The van der Waals surface area contributed by atoms with Gasteiger partial charge in [0, 0.05) is 31.2 Å². The molecule has 2 heterocycles. The summed E-state index contributed by atoms with van der Waals surface area (Å²) in [5.74, 6) is 0.551.